The molecular weight excluding hydrogens is 220 g/mol. The van der Waals surface area contributed by atoms with Crippen LogP contribution in [0.2, 0.25) is 0 Å². The smallest absolute Gasteiger partial charge is 0.338 e. The van der Waals surface area contributed by atoms with Gasteiger partial charge in [0.2, 0.25) is 0 Å². The average Bonchev–Trinajstić information content (AvgIpc) is 2.68. The Balaban J connectivity index is 2.15. The van der Waals surface area contributed by atoms with Crippen LogP contribution in [0.1, 0.15) is 22.6 Å². The highest BCUT2D eigenvalue weighted by Gasteiger charge is 2.09. The van der Waals surface area contributed by atoms with Crippen LogP contribution in [-0.4, -0.2) is 34.3 Å². The SMILES string of the molecule is Cc1nc2ccc(C(=O)OCCCO)cc2[nH]1. The summed E-state index contributed by atoms with van der Waals surface area (Å²) in [5.74, 6) is 0.429. The molecule has 0 atom stereocenters. The highest BCUT2D eigenvalue weighted by atomic mass is 16.5. The van der Waals surface area contributed by atoms with Crippen molar-refractivity contribution in [3.8, 4) is 0 Å². The minimum absolute atomic E-state index is 0.0199. The van der Waals surface area contributed by atoms with Gasteiger partial charge in [0.1, 0.15) is 5.82 Å². The summed E-state index contributed by atoms with van der Waals surface area (Å²) in [5, 5.41) is 8.59. The number of fused-ring (bicyclic) bond motifs is 1. The number of nitrogens with zero attached hydrogens (tertiary/aromatic N) is 1. The van der Waals surface area contributed by atoms with Gasteiger partial charge in [0.05, 0.1) is 23.2 Å². The summed E-state index contributed by atoms with van der Waals surface area (Å²) < 4.78 is 4.99. The van der Waals surface area contributed by atoms with Crippen LogP contribution < -0.4 is 0 Å². The lowest BCUT2D eigenvalue weighted by atomic mass is 10.2. The van der Waals surface area contributed by atoms with Gasteiger partial charge >= 0.3 is 5.97 Å². The molecule has 2 aromatic rings. The molecule has 0 amide bonds. The van der Waals surface area contributed by atoms with E-state index in [1.807, 2.05) is 6.92 Å². The third kappa shape index (κ3) is 2.62. The number of H-pyrrole nitrogens is 1. The molecule has 0 fully saturated rings. The lowest BCUT2D eigenvalue weighted by Gasteiger charge is -2.03. The van der Waals surface area contributed by atoms with E-state index < -0.39 is 0 Å². The Bertz CT molecular complexity index is 534. The van der Waals surface area contributed by atoms with Gasteiger partial charge in [-0.25, -0.2) is 9.78 Å². The number of aromatic amines is 1. The molecule has 1 aromatic carbocycles. The second-order valence-electron chi connectivity index (χ2n) is 3.77. The van der Waals surface area contributed by atoms with Gasteiger partial charge in [0, 0.05) is 13.0 Å². The number of nitrogens with one attached hydrogen (secondary N) is 1. The molecule has 0 aliphatic heterocycles. The molecule has 1 heterocycles. The Kier molecular flexibility index (Phi) is 3.39. The first-order valence-electron chi connectivity index (χ1n) is 5.45. The molecular formula is C12H14N2O3. The fraction of sp³-hybridized carbons (Fsp3) is 0.333. The summed E-state index contributed by atoms with van der Waals surface area (Å²) in [6, 6.07) is 5.18. The zero-order chi connectivity index (χ0) is 12.3. The first-order valence-corrected chi connectivity index (χ1v) is 5.45. The van der Waals surface area contributed by atoms with Crippen molar-refractivity contribution in [2.45, 2.75) is 13.3 Å². The summed E-state index contributed by atoms with van der Waals surface area (Å²) in [6.45, 7) is 2.11. The summed E-state index contributed by atoms with van der Waals surface area (Å²) >= 11 is 0. The number of hydrogen-bond donors (Lipinski definition) is 2. The van der Waals surface area contributed by atoms with Crippen molar-refractivity contribution in [3.63, 3.8) is 0 Å². The van der Waals surface area contributed by atoms with Crippen molar-refractivity contribution in [1.82, 2.24) is 9.97 Å². The molecule has 90 valence electrons. The highest BCUT2D eigenvalue weighted by Crippen LogP contribution is 2.14. The van der Waals surface area contributed by atoms with Crippen LogP contribution in [-0.2, 0) is 4.74 Å². The van der Waals surface area contributed by atoms with Gasteiger partial charge in [-0.05, 0) is 25.1 Å². The van der Waals surface area contributed by atoms with Crippen LogP contribution in [0.25, 0.3) is 11.0 Å². The van der Waals surface area contributed by atoms with Crippen LogP contribution in [0.3, 0.4) is 0 Å². The lowest BCUT2D eigenvalue weighted by Crippen LogP contribution is -2.07. The Morgan fingerprint density at radius 3 is 3.12 bits per heavy atom. The van der Waals surface area contributed by atoms with Crippen molar-refractivity contribution >= 4 is 17.0 Å². The molecule has 5 nitrogen and oxygen atoms in total. The van der Waals surface area contributed by atoms with Crippen LogP contribution in [0.5, 0.6) is 0 Å². The number of ether oxygens (including phenoxy) is 1. The number of benzene rings is 1. The first-order chi connectivity index (χ1) is 8.20. The maximum atomic E-state index is 11.6. The molecule has 0 aliphatic carbocycles. The number of aromatic nitrogens is 2. The van der Waals surface area contributed by atoms with Gasteiger partial charge in [0.25, 0.3) is 0 Å². The number of carbonyl (C=O) groups is 1. The molecule has 0 saturated carbocycles. The van der Waals surface area contributed by atoms with Crippen molar-refractivity contribution in [1.29, 1.82) is 0 Å². The number of hydrogen-bond acceptors (Lipinski definition) is 4. The van der Waals surface area contributed by atoms with E-state index in [1.54, 1.807) is 18.2 Å². The van der Waals surface area contributed by atoms with Crippen molar-refractivity contribution in [2.24, 2.45) is 0 Å². The lowest BCUT2D eigenvalue weighted by molar-refractivity contribution is 0.0482. The van der Waals surface area contributed by atoms with Crippen molar-refractivity contribution in [2.75, 3.05) is 13.2 Å². The quantitative estimate of drug-likeness (QED) is 0.619. The van der Waals surface area contributed by atoms with E-state index >= 15 is 0 Å². The number of aliphatic hydroxyl groups is 1. The van der Waals surface area contributed by atoms with E-state index in [4.69, 9.17) is 9.84 Å². The number of rotatable bonds is 4. The third-order valence-electron chi connectivity index (χ3n) is 2.37. The maximum Gasteiger partial charge on any atom is 0.338 e. The molecule has 2 N–H and O–H groups in total. The van der Waals surface area contributed by atoms with E-state index in [9.17, 15) is 4.79 Å². The molecule has 0 spiro atoms. The van der Waals surface area contributed by atoms with E-state index in [1.165, 1.54) is 0 Å². The van der Waals surface area contributed by atoms with Gasteiger partial charge < -0.3 is 14.8 Å². The van der Waals surface area contributed by atoms with Crippen molar-refractivity contribution in [3.05, 3.63) is 29.6 Å². The highest BCUT2D eigenvalue weighted by molar-refractivity contribution is 5.93. The number of carbonyl (C=O) groups excluding carboxylic acids is 1. The predicted octanol–water partition coefficient (Wildman–Crippen LogP) is 1.41. The Morgan fingerprint density at radius 1 is 1.53 bits per heavy atom. The average molecular weight is 234 g/mol. The topological polar surface area (TPSA) is 75.2 Å². The summed E-state index contributed by atoms with van der Waals surface area (Å²) in [4.78, 5) is 18.9. The minimum Gasteiger partial charge on any atom is -0.462 e. The van der Waals surface area contributed by atoms with E-state index in [2.05, 4.69) is 9.97 Å². The zero-order valence-electron chi connectivity index (χ0n) is 9.56. The van der Waals surface area contributed by atoms with Gasteiger partial charge in [-0.3, -0.25) is 0 Å². The molecule has 5 heteroatoms. The summed E-state index contributed by atoms with van der Waals surface area (Å²) in [7, 11) is 0. The van der Waals surface area contributed by atoms with Gasteiger partial charge in [-0.15, -0.1) is 0 Å². The van der Waals surface area contributed by atoms with Crippen LogP contribution >= 0.6 is 0 Å². The second kappa shape index (κ2) is 4.97. The summed E-state index contributed by atoms with van der Waals surface area (Å²) in [6.07, 6.45) is 0.456. The molecule has 2 rings (SSSR count). The minimum atomic E-state index is -0.382. The molecule has 1 aromatic heterocycles. The standard InChI is InChI=1S/C12H14N2O3/c1-8-13-10-4-3-9(7-11(10)14-8)12(16)17-6-2-5-15/h3-4,7,15H,2,5-6H2,1H3,(H,13,14). The Morgan fingerprint density at radius 2 is 2.35 bits per heavy atom. The van der Waals surface area contributed by atoms with E-state index in [0.29, 0.717) is 12.0 Å². The third-order valence-corrected chi connectivity index (χ3v) is 2.37. The largest absolute Gasteiger partial charge is 0.462 e. The number of imidazole rings is 1. The zero-order valence-corrected chi connectivity index (χ0v) is 9.56. The monoisotopic (exact) mass is 234 g/mol. The van der Waals surface area contributed by atoms with E-state index in [-0.39, 0.29) is 19.2 Å². The van der Waals surface area contributed by atoms with Crippen LogP contribution in [0, 0.1) is 6.92 Å². The Labute approximate surface area is 98.4 Å². The van der Waals surface area contributed by atoms with Gasteiger partial charge in [0.15, 0.2) is 0 Å². The second-order valence-corrected chi connectivity index (χ2v) is 3.77. The van der Waals surface area contributed by atoms with Crippen LogP contribution in [0.4, 0.5) is 0 Å². The number of esters is 1. The fourth-order valence-electron chi connectivity index (χ4n) is 1.58. The molecule has 0 aliphatic rings. The van der Waals surface area contributed by atoms with E-state index in [0.717, 1.165) is 16.9 Å². The van der Waals surface area contributed by atoms with Gasteiger partial charge in [-0.2, -0.15) is 0 Å². The fourth-order valence-corrected chi connectivity index (χ4v) is 1.58. The summed E-state index contributed by atoms with van der Waals surface area (Å²) in [5.41, 5.74) is 2.13. The van der Waals surface area contributed by atoms with Crippen LogP contribution in [0.15, 0.2) is 18.2 Å². The molecule has 0 saturated heterocycles. The first kappa shape index (κ1) is 11.6. The molecule has 0 radical (unpaired) electrons. The predicted molar refractivity (Wildman–Crippen MR) is 62.8 cm³/mol. The van der Waals surface area contributed by atoms with Gasteiger partial charge in [-0.1, -0.05) is 0 Å². The maximum absolute atomic E-state index is 11.6. The number of aryl methyl sites for hydroxylation is 1. The number of aliphatic hydroxyl groups excluding tert-OH is 1. The normalized spacial score (nSPS) is 10.7. The molecule has 17 heavy (non-hydrogen) atoms. The van der Waals surface area contributed by atoms with Crippen molar-refractivity contribution < 1.29 is 14.6 Å². The molecule has 0 bridgehead atoms. The Hall–Kier alpha value is -1.88. The molecule has 0 unspecified atom stereocenters.